The third kappa shape index (κ3) is 7.63. The van der Waals surface area contributed by atoms with Crippen LogP contribution in [-0.4, -0.2) is 82.7 Å². The van der Waals surface area contributed by atoms with Gasteiger partial charge in [-0.25, -0.2) is 0 Å². The van der Waals surface area contributed by atoms with Crippen molar-refractivity contribution in [3.63, 3.8) is 0 Å². The fraction of sp³-hybridized carbons (Fsp3) is 0.312. The molecule has 0 bridgehead atoms. The van der Waals surface area contributed by atoms with Crippen LogP contribution in [0.4, 0.5) is 0 Å². The summed E-state index contributed by atoms with van der Waals surface area (Å²) in [6.45, 7) is 5.53. The van der Waals surface area contributed by atoms with Crippen molar-refractivity contribution in [2.75, 3.05) is 45.9 Å². The normalized spacial score (nSPS) is 15.2. The minimum atomic E-state index is -0.600. The van der Waals surface area contributed by atoms with E-state index in [1.54, 1.807) is 6.20 Å². The second-order valence-corrected chi connectivity index (χ2v) is 10.1. The quantitative estimate of drug-likeness (QED) is 0.322. The molecular weight excluding hydrogens is 488 g/mol. The summed E-state index contributed by atoms with van der Waals surface area (Å²) in [5, 5.41) is 11.6. The lowest BCUT2D eigenvalue weighted by Crippen LogP contribution is -2.51. The van der Waals surface area contributed by atoms with Gasteiger partial charge in [0.1, 0.15) is 18.5 Å². The van der Waals surface area contributed by atoms with E-state index in [1.165, 1.54) is 0 Å². The Morgan fingerprint density at radius 1 is 0.821 bits per heavy atom. The van der Waals surface area contributed by atoms with Gasteiger partial charge < -0.3 is 14.7 Å². The SMILES string of the molecule is O=C(CN1CCN(C[C@H](O)COc2cccc3ncccc23)CC1)N(Cc1ccccc1)Cc1ccccc1. The first-order chi connectivity index (χ1) is 19.1. The zero-order valence-electron chi connectivity index (χ0n) is 22.2. The molecule has 3 aromatic carbocycles. The van der Waals surface area contributed by atoms with Gasteiger partial charge in [0.2, 0.25) is 5.91 Å². The number of pyridine rings is 1. The third-order valence-corrected chi connectivity index (χ3v) is 7.11. The first-order valence-electron chi connectivity index (χ1n) is 13.6. The van der Waals surface area contributed by atoms with Gasteiger partial charge in [0.25, 0.3) is 0 Å². The summed E-state index contributed by atoms with van der Waals surface area (Å²) in [7, 11) is 0. The first-order valence-corrected chi connectivity index (χ1v) is 13.6. The van der Waals surface area contributed by atoms with E-state index < -0.39 is 6.10 Å². The first kappa shape index (κ1) is 26.8. The van der Waals surface area contributed by atoms with Crippen LogP contribution in [0, 0.1) is 0 Å². The molecule has 1 fully saturated rings. The Kier molecular flexibility index (Phi) is 9.17. The minimum Gasteiger partial charge on any atom is -0.490 e. The molecule has 1 amide bonds. The van der Waals surface area contributed by atoms with Crippen LogP contribution >= 0.6 is 0 Å². The molecule has 0 saturated carbocycles. The van der Waals surface area contributed by atoms with Crippen LogP contribution in [0.2, 0.25) is 0 Å². The lowest BCUT2D eigenvalue weighted by molar-refractivity contribution is -0.134. The molecule has 39 heavy (non-hydrogen) atoms. The Hall–Kier alpha value is -3.78. The van der Waals surface area contributed by atoms with Crippen molar-refractivity contribution in [3.05, 3.63) is 108 Å². The number of aliphatic hydroxyl groups is 1. The van der Waals surface area contributed by atoms with Crippen LogP contribution in [0.5, 0.6) is 5.75 Å². The van der Waals surface area contributed by atoms with Gasteiger partial charge in [0, 0.05) is 57.4 Å². The number of ether oxygens (including phenoxy) is 1. The van der Waals surface area contributed by atoms with Crippen molar-refractivity contribution in [3.8, 4) is 5.75 Å². The van der Waals surface area contributed by atoms with E-state index >= 15 is 0 Å². The van der Waals surface area contributed by atoms with Crippen molar-refractivity contribution < 1.29 is 14.6 Å². The zero-order valence-corrected chi connectivity index (χ0v) is 22.2. The molecule has 0 unspecified atom stereocenters. The van der Waals surface area contributed by atoms with E-state index in [1.807, 2.05) is 71.6 Å². The predicted octanol–water partition coefficient (Wildman–Crippen LogP) is 3.82. The fourth-order valence-electron chi connectivity index (χ4n) is 5.00. The molecule has 7 heteroatoms. The van der Waals surface area contributed by atoms with Crippen LogP contribution in [0.1, 0.15) is 11.1 Å². The number of nitrogens with zero attached hydrogens (tertiary/aromatic N) is 4. The number of aromatic nitrogens is 1. The molecule has 0 spiro atoms. The molecule has 4 aromatic rings. The molecule has 0 radical (unpaired) electrons. The predicted molar refractivity (Wildman–Crippen MR) is 153 cm³/mol. The Morgan fingerprint density at radius 2 is 1.46 bits per heavy atom. The molecule has 1 aliphatic rings. The Labute approximate surface area is 230 Å². The molecule has 5 rings (SSSR count). The monoisotopic (exact) mass is 524 g/mol. The Bertz CT molecular complexity index is 1280. The summed E-state index contributed by atoms with van der Waals surface area (Å²) in [6, 6.07) is 29.9. The van der Waals surface area contributed by atoms with Crippen LogP contribution < -0.4 is 4.74 Å². The van der Waals surface area contributed by atoms with Gasteiger partial charge in [-0.05, 0) is 35.4 Å². The summed E-state index contributed by atoms with van der Waals surface area (Å²) < 4.78 is 5.94. The third-order valence-electron chi connectivity index (χ3n) is 7.11. The number of β-amino-alcohol motifs (C(OH)–C–C–N with tert-alkyl or cyclic N) is 1. The Balaban J connectivity index is 1.10. The summed E-state index contributed by atoms with van der Waals surface area (Å²) in [5.74, 6) is 0.868. The summed E-state index contributed by atoms with van der Waals surface area (Å²) in [5.41, 5.74) is 3.13. The summed E-state index contributed by atoms with van der Waals surface area (Å²) in [6.07, 6.45) is 1.16. The number of amides is 1. The molecule has 1 aromatic heterocycles. The smallest absolute Gasteiger partial charge is 0.237 e. The molecule has 1 N–H and O–H groups in total. The number of carbonyl (C=O) groups is 1. The van der Waals surface area contributed by atoms with E-state index in [0.29, 0.717) is 26.2 Å². The second-order valence-electron chi connectivity index (χ2n) is 10.1. The maximum Gasteiger partial charge on any atom is 0.237 e. The van der Waals surface area contributed by atoms with E-state index in [2.05, 4.69) is 39.0 Å². The van der Waals surface area contributed by atoms with Gasteiger partial charge in [0.15, 0.2) is 0 Å². The fourth-order valence-corrected chi connectivity index (χ4v) is 5.00. The number of benzene rings is 3. The number of rotatable bonds is 11. The number of aliphatic hydroxyl groups excluding tert-OH is 1. The number of hydrogen-bond donors (Lipinski definition) is 1. The molecule has 0 aliphatic carbocycles. The van der Waals surface area contributed by atoms with Gasteiger partial charge in [0.05, 0.1) is 12.1 Å². The average molecular weight is 525 g/mol. The Morgan fingerprint density at radius 3 is 2.13 bits per heavy atom. The number of piperazine rings is 1. The van der Waals surface area contributed by atoms with Gasteiger partial charge in [-0.2, -0.15) is 0 Å². The highest BCUT2D eigenvalue weighted by Gasteiger charge is 2.23. The van der Waals surface area contributed by atoms with Gasteiger partial charge >= 0.3 is 0 Å². The van der Waals surface area contributed by atoms with Crippen molar-refractivity contribution in [1.29, 1.82) is 0 Å². The minimum absolute atomic E-state index is 0.133. The number of fused-ring (bicyclic) bond motifs is 1. The maximum absolute atomic E-state index is 13.4. The number of carbonyl (C=O) groups excluding carboxylic acids is 1. The standard InChI is InChI=1S/C32H36N4O3/c37-28(25-39-31-15-7-14-30-29(31)13-8-16-33-30)23-34-17-19-35(20-18-34)24-32(38)36(21-26-9-3-1-4-10-26)22-27-11-5-2-6-12-27/h1-16,28,37H,17-25H2/t28-/m0/s1. The molecule has 2 heterocycles. The molecule has 202 valence electrons. The molecule has 7 nitrogen and oxygen atoms in total. The van der Waals surface area contributed by atoms with Gasteiger partial charge in [-0.3, -0.25) is 19.6 Å². The second kappa shape index (κ2) is 13.3. The number of hydrogen-bond acceptors (Lipinski definition) is 6. The molecule has 1 atom stereocenters. The van der Waals surface area contributed by atoms with Crippen LogP contribution in [0.3, 0.4) is 0 Å². The van der Waals surface area contributed by atoms with E-state index in [4.69, 9.17) is 4.74 Å². The largest absolute Gasteiger partial charge is 0.490 e. The lowest BCUT2D eigenvalue weighted by atomic mass is 10.1. The van der Waals surface area contributed by atoms with Gasteiger partial charge in [-0.15, -0.1) is 0 Å². The van der Waals surface area contributed by atoms with Crippen LogP contribution in [-0.2, 0) is 17.9 Å². The van der Waals surface area contributed by atoms with Crippen molar-refractivity contribution in [2.45, 2.75) is 19.2 Å². The molecular formula is C32H36N4O3. The topological polar surface area (TPSA) is 69.1 Å². The van der Waals surface area contributed by atoms with E-state index in [-0.39, 0.29) is 12.5 Å². The van der Waals surface area contributed by atoms with E-state index in [0.717, 1.165) is 54.0 Å². The van der Waals surface area contributed by atoms with Gasteiger partial charge in [-0.1, -0.05) is 66.7 Å². The summed E-state index contributed by atoms with van der Waals surface area (Å²) >= 11 is 0. The molecule has 1 aliphatic heterocycles. The highest BCUT2D eigenvalue weighted by atomic mass is 16.5. The zero-order chi connectivity index (χ0) is 26.9. The van der Waals surface area contributed by atoms with E-state index in [9.17, 15) is 9.90 Å². The van der Waals surface area contributed by atoms with Crippen molar-refractivity contribution in [1.82, 2.24) is 19.7 Å². The highest BCUT2D eigenvalue weighted by molar-refractivity contribution is 5.84. The maximum atomic E-state index is 13.4. The van der Waals surface area contributed by atoms with Crippen LogP contribution in [0.25, 0.3) is 10.9 Å². The highest BCUT2D eigenvalue weighted by Crippen LogP contribution is 2.23. The molecule has 1 saturated heterocycles. The average Bonchev–Trinajstić information content (AvgIpc) is 2.98. The van der Waals surface area contributed by atoms with Crippen molar-refractivity contribution in [2.24, 2.45) is 0 Å². The lowest BCUT2D eigenvalue weighted by Gasteiger charge is -2.36. The van der Waals surface area contributed by atoms with Crippen molar-refractivity contribution >= 4 is 16.8 Å². The van der Waals surface area contributed by atoms with Crippen LogP contribution in [0.15, 0.2) is 97.2 Å². The summed E-state index contributed by atoms with van der Waals surface area (Å²) in [4.78, 5) is 24.2.